The highest BCUT2D eigenvalue weighted by Gasteiger charge is 2.26. The minimum Gasteiger partial charge on any atom is -0.353 e. The highest BCUT2D eigenvalue weighted by Crippen LogP contribution is 2.41. The number of anilines is 1. The lowest BCUT2D eigenvalue weighted by Crippen LogP contribution is -2.38. The van der Waals surface area contributed by atoms with E-state index in [-0.39, 0.29) is 5.82 Å². The molecule has 4 aromatic rings. The van der Waals surface area contributed by atoms with Gasteiger partial charge in [-0.3, -0.25) is 0 Å². The van der Waals surface area contributed by atoms with Gasteiger partial charge in [0.05, 0.1) is 16.2 Å². The second-order valence-electron chi connectivity index (χ2n) is 8.94. The summed E-state index contributed by atoms with van der Waals surface area (Å²) in [5.41, 5.74) is 5.80. The van der Waals surface area contributed by atoms with Crippen molar-refractivity contribution in [2.45, 2.75) is 46.1 Å². The molecule has 1 fully saturated rings. The first-order valence-electron chi connectivity index (χ1n) is 11.5. The van der Waals surface area contributed by atoms with E-state index in [1.54, 1.807) is 12.1 Å². The van der Waals surface area contributed by atoms with Crippen LogP contribution in [0.4, 0.5) is 10.2 Å². The van der Waals surface area contributed by atoms with E-state index in [1.165, 1.54) is 12.5 Å². The first-order chi connectivity index (χ1) is 16.0. The summed E-state index contributed by atoms with van der Waals surface area (Å²) < 4.78 is 14.7. The molecule has 0 amide bonds. The van der Waals surface area contributed by atoms with Crippen molar-refractivity contribution in [3.63, 3.8) is 0 Å². The molecule has 0 radical (unpaired) electrons. The van der Waals surface area contributed by atoms with Crippen LogP contribution in [0.5, 0.6) is 0 Å². The third-order valence-corrected chi connectivity index (χ3v) is 7.00. The fourth-order valence-corrected chi connectivity index (χ4v) is 5.20. The Morgan fingerprint density at radius 3 is 2.42 bits per heavy atom. The van der Waals surface area contributed by atoms with Crippen LogP contribution in [-0.2, 0) is 0 Å². The van der Waals surface area contributed by atoms with Crippen molar-refractivity contribution in [2.24, 2.45) is 0 Å². The number of aryl methyl sites for hydroxylation is 2. The highest BCUT2D eigenvalue weighted by atomic mass is 35.5. The van der Waals surface area contributed by atoms with Crippen molar-refractivity contribution in [3.8, 4) is 22.4 Å². The quantitative estimate of drug-likeness (QED) is 0.313. The highest BCUT2D eigenvalue weighted by molar-refractivity contribution is 6.34. The van der Waals surface area contributed by atoms with Crippen LogP contribution in [-0.4, -0.2) is 22.6 Å². The van der Waals surface area contributed by atoms with Gasteiger partial charge in [0.25, 0.3) is 0 Å². The molecule has 33 heavy (non-hydrogen) atoms. The van der Waals surface area contributed by atoms with E-state index in [0.717, 1.165) is 58.5 Å². The molecule has 3 heterocycles. The first-order valence-corrected chi connectivity index (χ1v) is 11.9. The summed E-state index contributed by atoms with van der Waals surface area (Å²) in [6, 6.07) is 17.2. The number of pyridine rings is 2. The predicted molar refractivity (Wildman–Crippen MR) is 136 cm³/mol. The number of halogens is 2. The van der Waals surface area contributed by atoms with Crippen LogP contribution in [0, 0.1) is 19.7 Å². The van der Waals surface area contributed by atoms with Crippen molar-refractivity contribution >= 4 is 28.3 Å². The third-order valence-electron chi connectivity index (χ3n) is 6.71. The lowest BCUT2D eigenvalue weighted by Gasteiger charge is -2.35. The van der Waals surface area contributed by atoms with Crippen molar-refractivity contribution in [3.05, 3.63) is 76.7 Å². The molecule has 168 valence electrons. The second-order valence-corrected chi connectivity index (χ2v) is 9.35. The fourth-order valence-electron chi connectivity index (χ4n) is 4.95. The molecule has 1 aliphatic rings. The molecule has 2 aromatic heterocycles. The molecule has 1 saturated heterocycles. The van der Waals surface area contributed by atoms with E-state index in [9.17, 15) is 4.39 Å². The molecular formula is C28H27ClFN3. The molecule has 5 rings (SSSR count). The number of fused-ring (bicyclic) bond motifs is 1. The monoisotopic (exact) mass is 459 g/mol. The van der Waals surface area contributed by atoms with E-state index in [0.29, 0.717) is 22.3 Å². The van der Waals surface area contributed by atoms with Crippen molar-refractivity contribution < 1.29 is 4.39 Å². The van der Waals surface area contributed by atoms with E-state index >= 15 is 0 Å². The lowest BCUT2D eigenvalue weighted by molar-refractivity contribution is 0.482. The van der Waals surface area contributed by atoms with Gasteiger partial charge in [0.2, 0.25) is 0 Å². The Labute approximate surface area is 199 Å². The van der Waals surface area contributed by atoms with Crippen LogP contribution in [0.25, 0.3) is 33.3 Å². The zero-order valence-corrected chi connectivity index (χ0v) is 20.0. The molecule has 1 atom stereocenters. The zero-order chi connectivity index (χ0) is 23.1. The van der Waals surface area contributed by atoms with Gasteiger partial charge in [-0.15, -0.1) is 0 Å². The Morgan fingerprint density at radius 1 is 0.970 bits per heavy atom. The summed E-state index contributed by atoms with van der Waals surface area (Å²) in [6.45, 7) is 7.34. The fraction of sp³-hybridized carbons (Fsp3) is 0.286. The standard InChI is InChI=1S/C28H27ClFN3/c1-17-10-4-5-12-20(17)25-19(3)31-28(33-15-9-8-11-18(33)2)22-16-23(29)26(32-27(22)25)21-13-6-7-14-24(21)30/h4-7,10,12-14,16,18H,8-9,11,15H2,1-3H3/t18-/m0/s1. The minimum absolute atomic E-state index is 0.334. The maximum Gasteiger partial charge on any atom is 0.138 e. The first kappa shape index (κ1) is 21.8. The van der Waals surface area contributed by atoms with E-state index in [1.807, 2.05) is 31.2 Å². The largest absolute Gasteiger partial charge is 0.353 e. The van der Waals surface area contributed by atoms with E-state index < -0.39 is 0 Å². The van der Waals surface area contributed by atoms with Crippen molar-refractivity contribution in [1.29, 1.82) is 0 Å². The van der Waals surface area contributed by atoms with Crippen LogP contribution in [0.15, 0.2) is 54.6 Å². The molecule has 0 unspecified atom stereocenters. The van der Waals surface area contributed by atoms with E-state index in [2.05, 4.69) is 30.9 Å². The summed E-state index contributed by atoms with van der Waals surface area (Å²) in [5, 5.41) is 1.34. The van der Waals surface area contributed by atoms with Gasteiger partial charge >= 0.3 is 0 Å². The Kier molecular flexibility index (Phi) is 5.79. The summed E-state index contributed by atoms with van der Waals surface area (Å²) in [5.74, 6) is 0.584. The minimum atomic E-state index is -0.334. The Balaban J connectivity index is 1.86. The molecular weight excluding hydrogens is 433 g/mol. The number of nitrogens with zero attached hydrogens (tertiary/aromatic N) is 3. The number of benzene rings is 2. The molecule has 5 heteroatoms. The van der Waals surface area contributed by atoms with Crippen LogP contribution < -0.4 is 4.90 Å². The number of aromatic nitrogens is 2. The van der Waals surface area contributed by atoms with Crippen LogP contribution >= 0.6 is 11.6 Å². The molecule has 2 aromatic carbocycles. The maximum atomic E-state index is 14.7. The molecule has 0 bridgehead atoms. The lowest BCUT2D eigenvalue weighted by atomic mass is 9.95. The summed E-state index contributed by atoms with van der Waals surface area (Å²) in [4.78, 5) is 12.5. The summed E-state index contributed by atoms with van der Waals surface area (Å²) in [7, 11) is 0. The molecule has 0 spiro atoms. The van der Waals surface area contributed by atoms with Gasteiger partial charge in [0.1, 0.15) is 11.6 Å². The van der Waals surface area contributed by atoms with Crippen LogP contribution in [0.1, 0.15) is 37.4 Å². The molecule has 0 saturated carbocycles. The zero-order valence-electron chi connectivity index (χ0n) is 19.2. The third kappa shape index (κ3) is 3.87. The Hall–Kier alpha value is -2.98. The van der Waals surface area contributed by atoms with Gasteiger partial charge in [-0.2, -0.15) is 0 Å². The number of hydrogen-bond donors (Lipinski definition) is 0. The maximum absolute atomic E-state index is 14.7. The van der Waals surface area contributed by atoms with Gasteiger partial charge < -0.3 is 4.90 Å². The molecule has 3 nitrogen and oxygen atoms in total. The normalized spacial score (nSPS) is 16.4. The Bertz CT molecular complexity index is 1350. The topological polar surface area (TPSA) is 29.0 Å². The van der Waals surface area contributed by atoms with Crippen LogP contribution in [0.3, 0.4) is 0 Å². The van der Waals surface area contributed by atoms with Gasteiger partial charge in [-0.05, 0) is 69.4 Å². The van der Waals surface area contributed by atoms with Gasteiger partial charge in [0, 0.05) is 34.8 Å². The smallest absolute Gasteiger partial charge is 0.138 e. The SMILES string of the molecule is Cc1ccccc1-c1c(C)nc(N2CCCC[C@@H]2C)c2cc(Cl)c(-c3ccccc3F)nc12. The van der Waals surface area contributed by atoms with Gasteiger partial charge in [-0.1, -0.05) is 48.0 Å². The molecule has 1 aliphatic heterocycles. The average Bonchev–Trinajstić information content (AvgIpc) is 2.80. The number of piperidine rings is 1. The second kappa shape index (κ2) is 8.75. The molecule has 0 N–H and O–H groups in total. The van der Waals surface area contributed by atoms with Crippen molar-refractivity contribution in [1.82, 2.24) is 9.97 Å². The Morgan fingerprint density at radius 2 is 1.70 bits per heavy atom. The van der Waals surface area contributed by atoms with E-state index in [4.69, 9.17) is 21.6 Å². The van der Waals surface area contributed by atoms with Gasteiger partial charge in [0.15, 0.2) is 0 Å². The number of rotatable bonds is 3. The summed E-state index contributed by atoms with van der Waals surface area (Å²) in [6.07, 6.45) is 3.50. The van der Waals surface area contributed by atoms with Crippen LogP contribution in [0.2, 0.25) is 5.02 Å². The van der Waals surface area contributed by atoms with Crippen molar-refractivity contribution in [2.75, 3.05) is 11.4 Å². The summed E-state index contributed by atoms with van der Waals surface area (Å²) >= 11 is 6.75. The number of hydrogen-bond acceptors (Lipinski definition) is 3. The average molecular weight is 460 g/mol. The molecule has 0 aliphatic carbocycles. The van der Waals surface area contributed by atoms with Gasteiger partial charge in [-0.25, -0.2) is 14.4 Å². The predicted octanol–water partition coefficient (Wildman–Crippen LogP) is 7.75.